The largest absolute Gasteiger partial charge is 0.493 e. The average molecular weight is 339 g/mol. The van der Waals surface area contributed by atoms with Crippen molar-refractivity contribution in [1.29, 1.82) is 0 Å². The van der Waals surface area contributed by atoms with Crippen LogP contribution < -0.4 is 20.5 Å². The number of carbonyl (C=O) groups excluding carboxylic acids is 1. The Hall–Kier alpha value is -2.06. The number of nitrogen functional groups attached to an aromatic ring is 1. The number of rotatable bonds is 5. The lowest BCUT2D eigenvalue weighted by Gasteiger charge is -2.10. The lowest BCUT2D eigenvalue weighted by atomic mass is 10.2. The van der Waals surface area contributed by atoms with E-state index >= 15 is 0 Å². The molecule has 3 N–H and O–H groups in total. The van der Waals surface area contributed by atoms with Gasteiger partial charge in [0, 0.05) is 13.6 Å². The summed E-state index contributed by atoms with van der Waals surface area (Å²) in [4.78, 5) is 12.6. The molecule has 0 saturated heterocycles. The van der Waals surface area contributed by atoms with Crippen LogP contribution in [0.25, 0.3) is 0 Å². The van der Waals surface area contributed by atoms with Gasteiger partial charge >= 0.3 is 0 Å². The number of anilines is 1. The molecule has 2 aromatic rings. The number of methoxy groups -OCH3 is 2. The minimum absolute atomic E-state index is 0.246. The number of hydrogen-bond acceptors (Lipinski definition) is 6. The van der Waals surface area contributed by atoms with Gasteiger partial charge in [0.2, 0.25) is 0 Å². The first-order valence-electron chi connectivity index (χ1n) is 6.42. The molecule has 0 unspecified atom stereocenters. The summed E-state index contributed by atoms with van der Waals surface area (Å²) in [5.41, 5.74) is 6.76. The molecule has 0 fully saturated rings. The highest BCUT2D eigenvalue weighted by molar-refractivity contribution is 7.73. The van der Waals surface area contributed by atoms with Gasteiger partial charge in [-0.05, 0) is 29.9 Å². The third-order valence-corrected chi connectivity index (χ3v) is 4.74. The van der Waals surface area contributed by atoms with Crippen molar-refractivity contribution in [3.8, 4) is 11.5 Å². The number of carbonyl (C=O) groups is 1. The summed E-state index contributed by atoms with van der Waals surface area (Å²) in [6.07, 6.45) is 0. The molecule has 1 amide bonds. The summed E-state index contributed by atoms with van der Waals surface area (Å²) in [6, 6.07) is 5.47. The highest BCUT2D eigenvalue weighted by atomic mass is 32.1. The molecule has 8 heteroatoms. The van der Waals surface area contributed by atoms with Crippen LogP contribution in [0.1, 0.15) is 15.2 Å². The van der Waals surface area contributed by atoms with Gasteiger partial charge in [-0.2, -0.15) is 0 Å². The van der Waals surface area contributed by atoms with Crippen molar-refractivity contribution in [2.24, 2.45) is 7.05 Å². The Balaban J connectivity index is 2.11. The minimum Gasteiger partial charge on any atom is -0.493 e. The number of amides is 1. The lowest BCUT2D eigenvalue weighted by Crippen LogP contribution is -2.23. The zero-order valence-electron chi connectivity index (χ0n) is 12.5. The second-order valence-electron chi connectivity index (χ2n) is 4.51. The van der Waals surface area contributed by atoms with Crippen molar-refractivity contribution < 1.29 is 14.3 Å². The molecule has 1 aromatic heterocycles. The highest BCUT2D eigenvalue weighted by Gasteiger charge is 2.15. The van der Waals surface area contributed by atoms with Gasteiger partial charge in [-0.1, -0.05) is 17.4 Å². The number of hydrogen-bond donors (Lipinski definition) is 2. The number of nitrogens with one attached hydrogen (secondary N) is 1. The van der Waals surface area contributed by atoms with Crippen LogP contribution in [0, 0.1) is 3.95 Å². The lowest BCUT2D eigenvalue weighted by molar-refractivity contribution is 0.0955. The Bertz CT molecular complexity index is 752. The quantitative estimate of drug-likeness (QED) is 0.818. The van der Waals surface area contributed by atoms with Crippen molar-refractivity contribution in [2.45, 2.75) is 6.54 Å². The third-order valence-electron chi connectivity index (χ3n) is 3.16. The summed E-state index contributed by atoms with van der Waals surface area (Å²) in [5.74, 6) is 1.38. The zero-order chi connectivity index (χ0) is 16.3. The maximum absolute atomic E-state index is 12.2. The van der Waals surface area contributed by atoms with Crippen LogP contribution in [0.4, 0.5) is 5.82 Å². The van der Waals surface area contributed by atoms with E-state index < -0.39 is 0 Å². The Morgan fingerprint density at radius 2 is 2.05 bits per heavy atom. The van der Waals surface area contributed by atoms with E-state index in [1.54, 1.807) is 31.9 Å². The summed E-state index contributed by atoms with van der Waals surface area (Å²) in [5, 5.41) is 2.82. The molecule has 0 aliphatic heterocycles. The third kappa shape index (κ3) is 3.23. The maximum atomic E-state index is 12.2. The van der Waals surface area contributed by atoms with Crippen LogP contribution in [0.2, 0.25) is 0 Å². The Morgan fingerprint density at radius 3 is 2.59 bits per heavy atom. The van der Waals surface area contributed by atoms with E-state index in [1.165, 1.54) is 11.3 Å². The maximum Gasteiger partial charge on any atom is 0.265 e. The van der Waals surface area contributed by atoms with Gasteiger partial charge in [0.05, 0.1) is 14.2 Å². The van der Waals surface area contributed by atoms with E-state index in [0.717, 1.165) is 5.56 Å². The molecule has 1 heterocycles. The SMILES string of the molecule is COc1ccc(CNC(=O)c2sc(=S)n(C)c2N)cc1OC. The summed E-state index contributed by atoms with van der Waals surface area (Å²) < 4.78 is 12.6. The fraction of sp³-hybridized carbons (Fsp3) is 0.286. The topological polar surface area (TPSA) is 78.5 Å². The fourth-order valence-electron chi connectivity index (χ4n) is 1.87. The standard InChI is InChI=1S/C14H17N3O3S2/c1-17-12(15)11(22-14(17)21)13(18)16-7-8-4-5-9(19-2)10(6-8)20-3/h4-6H,7,15H2,1-3H3,(H,16,18). The van der Waals surface area contributed by atoms with E-state index in [0.29, 0.717) is 32.7 Å². The molecular formula is C14H17N3O3S2. The number of aromatic nitrogens is 1. The number of benzene rings is 1. The van der Waals surface area contributed by atoms with Crippen LogP contribution in [-0.2, 0) is 13.6 Å². The zero-order valence-corrected chi connectivity index (χ0v) is 14.1. The molecule has 0 spiro atoms. The summed E-state index contributed by atoms with van der Waals surface area (Å²) >= 11 is 6.30. The van der Waals surface area contributed by atoms with Gasteiger partial charge in [0.25, 0.3) is 5.91 Å². The fourth-order valence-corrected chi connectivity index (χ4v) is 3.04. The predicted octanol–water partition coefficient (Wildman–Crippen LogP) is 2.35. The van der Waals surface area contributed by atoms with Crippen molar-refractivity contribution >= 4 is 35.3 Å². The molecule has 6 nitrogen and oxygen atoms in total. The Kier molecular flexibility index (Phi) is 5.04. The molecule has 0 aliphatic carbocycles. The first kappa shape index (κ1) is 16.3. The van der Waals surface area contributed by atoms with Gasteiger partial charge in [-0.3, -0.25) is 4.79 Å². The molecule has 0 atom stereocenters. The molecule has 0 saturated carbocycles. The van der Waals surface area contributed by atoms with Crippen molar-refractivity contribution in [3.05, 3.63) is 32.6 Å². The van der Waals surface area contributed by atoms with Crippen LogP contribution in [0.15, 0.2) is 18.2 Å². The molecular weight excluding hydrogens is 322 g/mol. The second kappa shape index (κ2) is 6.80. The van der Waals surface area contributed by atoms with Crippen molar-refractivity contribution in [1.82, 2.24) is 9.88 Å². The monoisotopic (exact) mass is 339 g/mol. The summed E-state index contributed by atoms with van der Waals surface area (Å²) in [7, 11) is 4.88. The van der Waals surface area contributed by atoms with Crippen LogP contribution in [0.3, 0.4) is 0 Å². The Labute approximate surface area is 137 Å². The number of nitrogens with zero attached hydrogens (tertiary/aromatic N) is 1. The molecule has 22 heavy (non-hydrogen) atoms. The molecule has 118 valence electrons. The number of thiazole rings is 1. The van der Waals surface area contributed by atoms with Crippen LogP contribution in [0.5, 0.6) is 11.5 Å². The first-order valence-corrected chi connectivity index (χ1v) is 7.64. The van der Waals surface area contributed by atoms with E-state index in [9.17, 15) is 4.79 Å². The first-order chi connectivity index (χ1) is 10.5. The van der Waals surface area contributed by atoms with Crippen molar-refractivity contribution in [3.63, 3.8) is 0 Å². The predicted molar refractivity (Wildman–Crippen MR) is 89.3 cm³/mol. The number of nitrogens with two attached hydrogens (primary N) is 1. The Morgan fingerprint density at radius 1 is 1.36 bits per heavy atom. The normalized spacial score (nSPS) is 10.3. The average Bonchev–Trinajstić information content (AvgIpc) is 2.79. The molecule has 2 rings (SSSR count). The van der Waals surface area contributed by atoms with E-state index in [-0.39, 0.29) is 5.91 Å². The van der Waals surface area contributed by atoms with Gasteiger partial charge < -0.3 is 25.1 Å². The van der Waals surface area contributed by atoms with Gasteiger partial charge in [0.15, 0.2) is 15.5 Å². The molecule has 0 radical (unpaired) electrons. The van der Waals surface area contributed by atoms with E-state index in [1.807, 2.05) is 12.1 Å². The van der Waals surface area contributed by atoms with E-state index in [4.69, 9.17) is 27.4 Å². The van der Waals surface area contributed by atoms with Crippen molar-refractivity contribution in [2.75, 3.05) is 20.0 Å². The second-order valence-corrected chi connectivity index (χ2v) is 6.16. The van der Waals surface area contributed by atoms with Gasteiger partial charge in [0.1, 0.15) is 10.7 Å². The molecule has 0 bridgehead atoms. The highest BCUT2D eigenvalue weighted by Crippen LogP contribution is 2.27. The smallest absolute Gasteiger partial charge is 0.265 e. The molecule has 0 aliphatic rings. The van der Waals surface area contributed by atoms with Crippen LogP contribution >= 0.6 is 23.6 Å². The summed E-state index contributed by atoms with van der Waals surface area (Å²) in [6.45, 7) is 0.354. The minimum atomic E-state index is -0.246. The van der Waals surface area contributed by atoms with Crippen LogP contribution in [-0.4, -0.2) is 24.7 Å². The van der Waals surface area contributed by atoms with Gasteiger partial charge in [-0.25, -0.2) is 0 Å². The van der Waals surface area contributed by atoms with Gasteiger partial charge in [-0.15, -0.1) is 0 Å². The molecule has 1 aromatic carbocycles. The number of ether oxygens (including phenoxy) is 2. The van der Waals surface area contributed by atoms with E-state index in [2.05, 4.69) is 5.32 Å².